The molecule has 0 saturated carbocycles. The summed E-state index contributed by atoms with van der Waals surface area (Å²) in [6.45, 7) is 6.15. The Labute approximate surface area is 82.0 Å². The SMILES string of the molecule is C=C(C)C(=O)[O-].CCC(O)OC(N)=O. The highest BCUT2D eigenvalue weighted by atomic mass is 16.6. The van der Waals surface area contributed by atoms with Crippen molar-refractivity contribution in [2.75, 3.05) is 0 Å². The van der Waals surface area contributed by atoms with Gasteiger partial charge in [0.1, 0.15) is 0 Å². The number of aliphatic hydroxyl groups excluding tert-OH is 1. The van der Waals surface area contributed by atoms with Crippen LogP contribution in [0.25, 0.3) is 0 Å². The number of nitrogens with two attached hydrogens (primary N) is 1. The number of aliphatic carboxylic acids is 1. The zero-order chi connectivity index (χ0) is 11.7. The fraction of sp³-hybridized carbons (Fsp3) is 0.500. The van der Waals surface area contributed by atoms with Gasteiger partial charge in [0.25, 0.3) is 0 Å². The van der Waals surface area contributed by atoms with Gasteiger partial charge in [-0.05, 0) is 12.5 Å². The molecule has 6 heteroatoms. The van der Waals surface area contributed by atoms with E-state index in [1.54, 1.807) is 6.92 Å². The van der Waals surface area contributed by atoms with Gasteiger partial charge in [0.15, 0.2) is 0 Å². The molecule has 0 aromatic heterocycles. The van der Waals surface area contributed by atoms with E-state index in [-0.39, 0.29) is 5.57 Å². The van der Waals surface area contributed by atoms with Crippen molar-refractivity contribution in [1.82, 2.24) is 0 Å². The predicted octanol–water partition coefficient (Wildman–Crippen LogP) is -0.877. The molecule has 1 unspecified atom stereocenters. The lowest BCUT2D eigenvalue weighted by atomic mass is 10.4. The van der Waals surface area contributed by atoms with Crippen molar-refractivity contribution in [2.45, 2.75) is 26.6 Å². The van der Waals surface area contributed by atoms with Crippen LogP contribution in [0.5, 0.6) is 0 Å². The highest BCUT2D eigenvalue weighted by Gasteiger charge is 2.01. The number of carbonyl (C=O) groups is 2. The number of aliphatic hydroxyl groups is 1. The summed E-state index contributed by atoms with van der Waals surface area (Å²) in [7, 11) is 0. The first-order valence-corrected chi connectivity index (χ1v) is 3.82. The molecule has 0 heterocycles. The van der Waals surface area contributed by atoms with Crippen LogP contribution in [0.4, 0.5) is 4.79 Å². The van der Waals surface area contributed by atoms with E-state index in [9.17, 15) is 14.7 Å². The van der Waals surface area contributed by atoms with E-state index in [1.165, 1.54) is 6.92 Å². The average molecular weight is 204 g/mol. The van der Waals surface area contributed by atoms with Crippen LogP contribution in [-0.2, 0) is 9.53 Å². The van der Waals surface area contributed by atoms with Crippen LogP contribution in [0.3, 0.4) is 0 Å². The number of hydrogen-bond donors (Lipinski definition) is 2. The minimum atomic E-state index is -1.19. The molecular formula is C8H14NO5-. The van der Waals surface area contributed by atoms with Crippen molar-refractivity contribution in [3.63, 3.8) is 0 Å². The number of ether oxygens (including phenoxy) is 1. The first kappa shape index (κ1) is 14.9. The normalized spacial score (nSPS) is 10.5. The molecule has 0 rings (SSSR count). The monoisotopic (exact) mass is 204 g/mol. The molecular weight excluding hydrogens is 190 g/mol. The van der Waals surface area contributed by atoms with E-state index in [1.807, 2.05) is 0 Å². The van der Waals surface area contributed by atoms with Crippen LogP contribution in [-0.4, -0.2) is 23.5 Å². The van der Waals surface area contributed by atoms with E-state index in [0.29, 0.717) is 6.42 Å². The molecule has 6 nitrogen and oxygen atoms in total. The molecule has 0 radical (unpaired) electrons. The molecule has 3 N–H and O–H groups in total. The van der Waals surface area contributed by atoms with Crippen molar-refractivity contribution >= 4 is 12.1 Å². The average Bonchev–Trinajstić information content (AvgIpc) is 2.04. The van der Waals surface area contributed by atoms with E-state index in [2.05, 4.69) is 17.0 Å². The van der Waals surface area contributed by atoms with Gasteiger partial charge in [0.2, 0.25) is 6.29 Å². The maximum Gasteiger partial charge on any atom is 0.406 e. The van der Waals surface area contributed by atoms with Gasteiger partial charge in [0.05, 0.1) is 5.97 Å². The first-order chi connectivity index (χ1) is 6.31. The summed E-state index contributed by atoms with van der Waals surface area (Å²) >= 11 is 0. The third-order valence-corrected chi connectivity index (χ3v) is 0.950. The molecule has 14 heavy (non-hydrogen) atoms. The second-order valence-electron chi connectivity index (χ2n) is 2.37. The van der Waals surface area contributed by atoms with E-state index in [0.717, 1.165) is 0 Å². The number of primary amides is 1. The molecule has 0 saturated heterocycles. The zero-order valence-corrected chi connectivity index (χ0v) is 8.15. The van der Waals surface area contributed by atoms with Crippen LogP contribution in [0, 0.1) is 0 Å². The Bertz CT molecular complexity index is 202. The zero-order valence-electron chi connectivity index (χ0n) is 8.15. The van der Waals surface area contributed by atoms with E-state index in [4.69, 9.17) is 5.11 Å². The van der Waals surface area contributed by atoms with Gasteiger partial charge >= 0.3 is 6.09 Å². The van der Waals surface area contributed by atoms with Crippen molar-refractivity contribution < 1.29 is 24.5 Å². The van der Waals surface area contributed by atoms with Crippen LogP contribution < -0.4 is 10.8 Å². The number of carbonyl (C=O) groups excluding carboxylic acids is 2. The third-order valence-electron chi connectivity index (χ3n) is 0.950. The summed E-state index contributed by atoms with van der Waals surface area (Å²) in [6.07, 6.45) is -1.63. The Morgan fingerprint density at radius 2 is 2.00 bits per heavy atom. The van der Waals surface area contributed by atoms with Crippen LogP contribution >= 0.6 is 0 Å². The van der Waals surface area contributed by atoms with Crippen molar-refractivity contribution in [2.24, 2.45) is 5.73 Å². The van der Waals surface area contributed by atoms with Gasteiger partial charge < -0.3 is 25.5 Å². The molecule has 0 fully saturated rings. The summed E-state index contributed by atoms with van der Waals surface area (Å²) in [5, 5.41) is 18.0. The minimum absolute atomic E-state index is 0.0648. The van der Waals surface area contributed by atoms with Crippen molar-refractivity contribution in [3.8, 4) is 0 Å². The maximum absolute atomic E-state index is 9.81. The Morgan fingerprint density at radius 3 is 2.07 bits per heavy atom. The van der Waals surface area contributed by atoms with Gasteiger partial charge in [0, 0.05) is 6.42 Å². The number of carboxylic acid groups (broad SMARTS) is 1. The van der Waals surface area contributed by atoms with E-state index >= 15 is 0 Å². The molecule has 82 valence electrons. The van der Waals surface area contributed by atoms with Gasteiger partial charge in [-0.2, -0.15) is 0 Å². The number of hydrogen-bond acceptors (Lipinski definition) is 5. The fourth-order valence-corrected chi connectivity index (χ4v) is 0.217. The Balaban J connectivity index is 0. The molecule has 1 atom stereocenters. The summed E-state index contributed by atoms with van der Waals surface area (Å²) in [6, 6.07) is 0. The second-order valence-corrected chi connectivity index (χ2v) is 2.37. The molecule has 0 aromatic rings. The third kappa shape index (κ3) is 13.1. The van der Waals surface area contributed by atoms with Crippen LogP contribution in [0.1, 0.15) is 20.3 Å². The molecule has 0 aliphatic carbocycles. The standard InChI is InChI=1S/C4H9NO3.C4H6O2/c1-2-3(6)8-4(5)7;1-3(2)4(5)6/h3,6H,2H2,1H3,(H2,5,7);1H2,2H3,(H,5,6)/p-1. The van der Waals surface area contributed by atoms with Gasteiger partial charge in [-0.3, -0.25) is 0 Å². The topological polar surface area (TPSA) is 113 Å². The highest BCUT2D eigenvalue weighted by molar-refractivity contribution is 5.82. The smallest absolute Gasteiger partial charge is 0.406 e. The maximum atomic E-state index is 9.81. The summed E-state index contributed by atoms with van der Waals surface area (Å²) in [5.74, 6) is -1.19. The summed E-state index contributed by atoms with van der Waals surface area (Å²) in [4.78, 5) is 19.3. The number of rotatable bonds is 3. The van der Waals surface area contributed by atoms with E-state index < -0.39 is 18.4 Å². The largest absolute Gasteiger partial charge is 0.545 e. The molecule has 0 bridgehead atoms. The number of carboxylic acids is 1. The molecule has 1 amide bonds. The molecule has 0 aromatic carbocycles. The van der Waals surface area contributed by atoms with Crippen LogP contribution in [0.2, 0.25) is 0 Å². The first-order valence-electron chi connectivity index (χ1n) is 3.82. The summed E-state index contributed by atoms with van der Waals surface area (Å²) < 4.78 is 4.09. The van der Waals surface area contributed by atoms with Crippen molar-refractivity contribution in [3.05, 3.63) is 12.2 Å². The predicted molar refractivity (Wildman–Crippen MR) is 46.8 cm³/mol. The second kappa shape index (κ2) is 8.06. The lowest BCUT2D eigenvalue weighted by Crippen LogP contribution is -2.22. The van der Waals surface area contributed by atoms with Crippen LogP contribution in [0.15, 0.2) is 12.2 Å². The molecule has 0 spiro atoms. The lowest BCUT2D eigenvalue weighted by molar-refractivity contribution is -0.299. The van der Waals surface area contributed by atoms with Gasteiger partial charge in [-0.15, -0.1) is 0 Å². The summed E-state index contributed by atoms with van der Waals surface area (Å²) in [5.41, 5.74) is 4.61. The Morgan fingerprint density at radius 1 is 1.64 bits per heavy atom. The van der Waals surface area contributed by atoms with Gasteiger partial charge in [-0.1, -0.05) is 13.5 Å². The Hall–Kier alpha value is -1.56. The quantitative estimate of drug-likeness (QED) is 0.458. The molecule has 0 aliphatic heterocycles. The molecule has 0 aliphatic rings. The Kier molecular flexibility index (Phi) is 8.60. The highest BCUT2D eigenvalue weighted by Crippen LogP contribution is 1.89. The fourth-order valence-electron chi connectivity index (χ4n) is 0.217. The van der Waals surface area contributed by atoms with Gasteiger partial charge in [-0.25, -0.2) is 4.79 Å². The lowest BCUT2D eigenvalue weighted by Gasteiger charge is -2.04. The van der Waals surface area contributed by atoms with Crippen molar-refractivity contribution in [1.29, 1.82) is 0 Å². The number of amides is 1. The minimum Gasteiger partial charge on any atom is -0.545 e.